The summed E-state index contributed by atoms with van der Waals surface area (Å²) in [5.41, 5.74) is 2.63. The van der Waals surface area contributed by atoms with Gasteiger partial charge in [0.1, 0.15) is 5.56 Å². The van der Waals surface area contributed by atoms with Crippen LogP contribution in [0.4, 0.5) is 0 Å². The molecule has 0 saturated carbocycles. The van der Waals surface area contributed by atoms with Gasteiger partial charge in [0, 0.05) is 30.4 Å². The maximum atomic E-state index is 12.2. The third-order valence-corrected chi connectivity index (χ3v) is 3.59. The van der Waals surface area contributed by atoms with Crippen molar-refractivity contribution in [1.29, 1.82) is 0 Å². The van der Waals surface area contributed by atoms with E-state index >= 15 is 0 Å². The highest BCUT2D eigenvalue weighted by atomic mass is 35.5. The first-order valence-electron chi connectivity index (χ1n) is 7.06. The van der Waals surface area contributed by atoms with Gasteiger partial charge in [-0.25, -0.2) is 9.50 Å². The first-order chi connectivity index (χ1) is 11.2. The van der Waals surface area contributed by atoms with Crippen molar-refractivity contribution in [2.24, 2.45) is 0 Å². The van der Waals surface area contributed by atoms with E-state index in [9.17, 15) is 4.79 Å². The van der Waals surface area contributed by atoms with Crippen molar-refractivity contribution in [1.82, 2.24) is 19.9 Å². The molecule has 1 amide bonds. The normalized spacial score (nSPS) is 10.9. The molecule has 0 radical (unpaired) electrons. The van der Waals surface area contributed by atoms with Crippen LogP contribution in [0.3, 0.4) is 0 Å². The Morgan fingerprint density at radius 3 is 3.04 bits per heavy atom. The SMILES string of the molecule is COCCNC(=O)c1cnn2c(-c3cccc(Cl)c3)ccnc12. The summed E-state index contributed by atoms with van der Waals surface area (Å²) in [5.74, 6) is -0.229. The molecule has 0 unspecified atom stereocenters. The van der Waals surface area contributed by atoms with Crippen LogP contribution in [0, 0.1) is 0 Å². The highest BCUT2D eigenvalue weighted by molar-refractivity contribution is 6.30. The molecule has 6 nitrogen and oxygen atoms in total. The lowest BCUT2D eigenvalue weighted by Gasteiger charge is -2.06. The number of ether oxygens (including phenoxy) is 1. The Morgan fingerprint density at radius 2 is 2.26 bits per heavy atom. The van der Waals surface area contributed by atoms with Crippen LogP contribution in [-0.2, 0) is 4.74 Å². The van der Waals surface area contributed by atoms with Gasteiger partial charge in [0.25, 0.3) is 5.91 Å². The van der Waals surface area contributed by atoms with Crippen LogP contribution in [0.5, 0.6) is 0 Å². The van der Waals surface area contributed by atoms with E-state index in [1.54, 1.807) is 23.9 Å². The van der Waals surface area contributed by atoms with Gasteiger partial charge in [0.05, 0.1) is 18.5 Å². The Balaban J connectivity index is 1.99. The Morgan fingerprint density at radius 1 is 1.39 bits per heavy atom. The molecule has 0 bridgehead atoms. The van der Waals surface area contributed by atoms with Gasteiger partial charge >= 0.3 is 0 Å². The third-order valence-electron chi connectivity index (χ3n) is 3.36. The predicted octanol–water partition coefficient (Wildman–Crippen LogP) is 2.43. The Bertz CT molecular complexity index is 847. The number of nitrogens with one attached hydrogen (secondary N) is 1. The number of halogens is 1. The van der Waals surface area contributed by atoms with Gasteiger partial charge in [-0.15, -0.1) is 0 Å². The lowest BCUT2D eigenvalue weighted by atomic mass is 10.1. The minimum Gasteiger partial charge on any atom is -0.383 e. The molecule has 0 aliphatic rings. The number of hydrogen-bond acceptors (Lipinski definition) is 4. The fourth-order valence-electron chi connectivity index (χ4n) is 2.28. The van der Waals surface area contributed by atoms with Crippen LogP contribution < -0.4 is 5.32 Å². The molecule has 0 aliphatic heterocycles. The second-order valence-corrected chi connectivity index (χ2v) is 5.32. The van der Waals surface area contributed by atoms with Gasteiger partial charge in [-0.1, -0.05) is 23.7 Å². The summed E-state index contributed by atoms with van der Waals surface area (Å²) in [6.45, 7) is 0.882. The van der Waals surface area contributed by atoms with Gasteiger partial charge < -0.3 is 10.1 Å². The molecular weight excluding hydrogens is 316 g/mol. The molecule has 23 heavy (non-hydrogen) atoms. The topological polar surface area (TPSA) is 68.5 Å². The Kier molecular flexibility index (Phi) is 4.55. The molecule has 0 fully saturated rings. The number of aromatic nitrogens is 3. The van der Waals surface area contributed by atoms with Crippen molar-refractivity contribution in [3.8, 4) is 11.3 Å². The first-order valence-corrected chi connectivity index (χ1v) is 7.44. The smallest absolute Gasteiger partial charge is 0.256 e. The van der Waals surface area contributed by atoms with Crippen LogP contribution in [-0.4, -0.2) is 40.8 Å². The highest BCUT2D eigenvalue weighted by Gasteiger charge is 2.15. The molecule has 118 valence electrons. The summed E-state index contributed by atoms with van der Waals surface area (Å²) < 4.78 is 6.56. The number of carbonyl (C=O) groups is 1. The standard InChI is InChI=1S/C16H15ClN4O2/c1-23-8-7-19-16(22)13-10-20-21-14(5-6-18-15(13)21)11-3-2-4-12(17)9-11/h2-6,9-10H,7-8H2,1H3,(H,19,22). The number of carbonyl (C=O) groups excluding carboxylic acids is 1. The Labute approximate surface area is 138 Å². The lowest BCUT2D eigenvalue weighted by Crippen LogP contribution is -2.26. The van der Waals surface area contributed by atoms with E-state index in [1.807, 2.05) is 24.3 Å². The zero-order valence-corrected chi connectivity index (χ0v) is 13.2. The van der Waals surface area contributed by atoms with Crippen LogP contribution in [0.2, 0.25) is 5.02 Å². The molecule has 2 aromatic heterocycles. The molecule has 0 spiro atoms. The molecule has 3 rings (SSSR count). The van der Waals surface area contributed by atoms with E-state index in [0.717, 1.165) is 11.3 Å². The zero-order valence-electron chi connectivity index (χ0n) is 12.5. The van der Waals surface area contributed by atoms with Gasteiger partial charge in [-0.3, -0.25) is 4.79 Å². The third kappa shape index (κ3) is 3.18. The quantitative estimate of drug-likeness (QED) is 0.729. The van der Waals surface area contributed by atoms with Gasteiger partial charge in [-0.2, -0.15) is 5.10 Å². The summed E-state index contributed by atoms with van der Waals surface area (Å²) in [4.78, 5) is 16.5. The summed E-state index contributed by atoms with van der Waals surface area (Å²) in [7, 11) is 1.58. The number of fused-ring (bicyclic) bond motifs is 1. The number of benzene rings is 1. The number of hydrogen-bond donors (Lipinski definition) is 1. The number of rotatable bonds is 5. The van der Waals surface area contributed by atoms with Gasteiger partial charge in [0.15, 0.2) is 5.65 Å². The van der Waals surface area contributed by atoms with Crippen molar-refractivity contribution >= 4 is 23.2 Å². The number of methoxy groups -OCH3 is 1. The van der Waals surface area contributed by atoms with Crippen molar-refractivity contribution in [3.05, 3.63) is 53.3 Å². The maximum absolute atomic E-state index is 12.2. The largest absolute Gasteiger partial charge is 0.383 e. The number of amides is 1. The average molecular weight is 331 g/mol. The molecular formula is C16H15ClN4O2. The fraction of sp³-hybridized carbons (Fsp3) is 0.188. The van der Waals surface area contributed by atoms with Gasteiger partial charge in [0.2, 0.25) is 0 Å². The van der Waals surface area contributed by atoms with E-state index in [-0.39, 0.29) is 5.91 Å². The second-order valence-electron chi connectivity index (χ2n) is 4.88. The molecule has 0 aliphatic carbocycles. The lowest BCUT2D eigenvalue weighted by molar-refractivity contribution is 0.0938. The van der Waals surface area contributed by atoms with E-state index in [0.29, 0.717) is 29.4 Å². The van der Waals surface area contributed by atoms with Crippen molar-refractivity contribution in [2.75, 3.05) is 20.3 Å². The van der Waals surface area contributed by atoms with Crippen LogP contribution in [0.25, 0.3) is 16.9 Å². The predicted molar refractivity (Wildman–Crippen MR) is 87.6 cm³/mol. The van der Waals surface area contributed by atoms with Crippen LogP contribution in [0.15, 0.2) is 42.7 Å². The van der Waals surface area contributed by atoms with E-state index < -0.39 is 0 Å². The average Bonchev–Trinajstić information content (AvgIpc) is 2.99. The molecule has 3 aromatic rings. The van der Waals surface area contributed by atoms with Crippen LogP contribution in [0.1, 0.15) is 10.4 Å². The fourth-order valence-corrected chi connectivity index (χ4v) is 2.47. The first kappa shape index (κ1) is 15.5. The van der Waals surface area contributed by atoms with E-state index in [4.69, 9.17) is 16.3 Å². The molecule has 7 heteroatoms. The van der Waals surface area contributed by atoms with Crippen molar-refractivity contribution in [3.63, 3.8) is 0 Å². The number of nitrogens with zero attached hydrogens (tertiary/aromatic N) is 3. The highest BCUT2D eigenvalue weighted by Crippen LogP contribution is 2.23. The van der Waals surface area contributed by atoms with Crippen LogP contribution >= 0.6 is 11.6 Å². The van der Waals surface area contributed by atoms with E-state index in [1.165, 1.54) is 6.20 Å². The Hall–Kier alpha value is -2.44. The molecule has 1 N–H and O–H groups in total. The maximum Gasteiger partial charge on any atom is 0.256 e. The van der Waals surface area contributed by atoms with Gasteiger partial charge in [-0.05, 0) is 18.2 Å². The molecule has 2 heterocycles. The minimum atomic E-state index is -0.229. The van der Waals surface area contributed by atoms with E-state index in [2.05, 4.69) is 15.4 Å². The monoisotopic (exact) mass is 330 g/mol. The summed E-state index contributed by atoms with van der Waals surface area (Å²) in [6, 6.07) is 9.28. The van der Waals surface area contributed by atoms with Crippen molar-refractivity contribution in [2.45, 2.75) is 0 Å². The minimum absolute atomic E-state index is 0.229. The molecule has 0 saturated heterocycles. The molecule has 1 aromatic carbocycles. The summed E-state index contributed by atoms with van der Waals surface area (Å²) in [6.07, 6.45) is 3.16. The summed E-state index contributed by atoms with van der Waals surface area (Å²) >= 11 is 6.05. The summed E-state index contributed by atoms with van der Waals surface area (Å²) in [5, 5.41) is 7.70. The second kappa shape index (κ2) is 6.76. The zero-order chi connectivity index (χ0) is 16.2. The van der Waals surface area contributed by atoms with Crippen molar-refractivity contribution < 1.29 is 9.53 Å². The molecule has 0 atom stereocenters.